The molecule has 74 valence electrons. The van der Waals surface area contributed by atoms with E-state index in [0.29, 0.717) is 17.5 Å². The molecule has 4 heteroatoms. The van der Waals surface area contributed by atoms with Gasteiger partial charge in [0, 0.05) is 12.2 Å². The maximum Gasteiger partial charge on any atom is 0.256 e. The summed E-state index contributed by atoms with van der Waals surface area (Å²) >= 11 is 0. The van der Waals surface area contributed by atoms with Crippen molar-refractivity contribution in [1.29, 1.82) is 0 Å². The molecular weight excluding hydrogens is 180 g/mol. The van der Waals surface area contributed by atoms with E-state index in [1.165, 1.54) is 7.11 Å². The van der Waals surface area contributed by atoms with Crippen LogP contribution in [0.15, 0.2) is 18.3 Å². The first-order valence-corrected chi connectivity index (χ1v) is 4.61. The van der Waals surface area contributed by atoms with E-state index in [2.05, 4.69) is 10.3 Å². The second-order valence-corrected chi connectivity index (χ2v) is 3.31. The van der Waals surface area contributed by atoms with Crippen molar-refractivity contribution in [3.8, 4) is 5.88 Å². The summed E-state index contributed by atoms with van der Waals surface area (Å²) in [5, 5.41) is 2.89. The highest BCUT2D eigenvalue weighted by molar-refractivity contribution is 5.96. The van der Waals surface area contributed by atoms with Crippen molar-refractivity contribution in [2.75, 3.05) is 7.11 Å². The Morgan fingerprint density at radius 2 is 2.43 bits per heavy atom. The molecule has 0 aliphatic heterocycles. The van der Waals surface area contributed by atoms with E-state index in [4.69, 9.17) is 4.74 Å². The highest BCUT2D eigenvalue weighted by Crippen LogP contribution is 2.21. The normalized spacial score (nSPS) is 14.9. The first-order valence-electron chi connectivity index (χ1n) is 4.61. The van der Waals surface area contributed by atoms with Crippen molar-refractivity contribution >= 4 is 5.91 Å². The van der Waals surface area contributed by atoms with E-state index in [-0.39, 0.29) is 5.91 Å². The van der Waals surface area contributed by atoms with Gasteiger partial charge in [-0.25, -0.2) is 4.98 Å². The predicted octanol–water partition coefficient (Wildman–Crippen LogP) is 0.982. The number of hydrogen-bond donors (Lipinski definition) is 1. The number of rotatable bonds is 3. The van der Waals surface area contributed by atoms with Gasteiger partial charge in [0.2, 0.25) is 5.88 Å². The first-order chi connectivity index (χ1) is 6.81. The number of carbonyl (C=O) groups is 1. The van der Waals surface area contributed by atoms with Gasteiger partial charge in [-0.05, 0) is 25.0 Å². The van der Waals surface area contributed by atoms with Gasteiger partial charge in [-0.15, -0.1) is 0 Å². The Morgan fingerprint density at radius 3 is 3.07 bits per heavy atom. The molecule has 1 aliphatic carbocycles. The van der Waals surface area contributed by atoms with Gasteiger partial charge in [-0.1, -0.05) is 0 Å². The topological polar surface area (TPSA) is 51.2 Å². The summed E-state index contributed by atoms with van der Waals surface area (Å²) in [5.41, 5.74) is 0.502. The summed E-state index contributed by atoms with van der Waals surface area (Å²) in [6.07, 6.45) is 3.76. The molecule has 0 unspecified atom stereocenters. The zero-order valence-electron chi connectivity index (χ0n) is 7.99. The number of ether oxygens (including phenoxy) is 1. The molecule has 1 aromatic rings. The van der Waals surface area contributed by atoms with E-state index in [1.54, 1.807) is 18.3 Å². The van der Waals surface area contributed by atoms with Gasteiger partial charge >= 0.3 is 0 Å². The van der Waals surface area contributed by atoms with Crippen molar-refractivity contribution in [3.63, 3.8) is 0 Å². The average molecular weight is 192 g/mol. The van der Waals surface area contributed by atoms with Crippen LogP contribution in [0.3, 0.4) is 0 Å². The molecule has 1 N–H and O–H groups in total. The van der Waals surface area contributed by atoms with Gasteiger partial charge in [-0.3, -0.25) is 4.79 Å². The zero-order valence-corrected chi connectivity index (χ0v) is 7.99. The first kappa shape index (κ1) is 8.99. The monoisotopic (exact) mass is 192 g/mol. The molecule has 1 saturated carbocycles. The van der Waals surface area contributed by atoms with Crippen molar-refractivity contribution in [2.45, 2.75) is 18.9 Å². The largest absolute Gasteiger partial charge is 0.480 e. The van der Waals surface area contributed by atoms with Gasteiger partial charge in [-0.2, -0.15) is 0 Å². The van der Waals surface area contributed by atoms with Crippen molar-refractivity contribution in [2.24, 2.45) is 0 Å². The maximum atomic E-state index is 11.6. The molecule has 1 aromatic heterocycles. The van der Waals surface area contributed by atoms with Crippen molar-refractivity contribution in [1.82, 2.24) is 10.3 Å². The molecule has 14 heavy (non-hydrogen) atoms. The van der Waals surface area contributed by atoms with Crippen LogP contribution in [-0.4, -0.2) is 24.0 Å². The molecule has 1 fully saturated rings. The van der Waals surface area contributed by atoms with Crippen LogP contribution in [0.1, 0.15) is 23.2 Å². The summed E-state index contributed by atoms with van der Waals surface area (Å²) in [4.78, 5) is 15.6. The van der Waals surface area contributed by atoms with Crippen molar-refractivity contribution in [3.05, 3.63) is 23.9 Å². The molecule has 0 spiro atoms. The predicted molar refractivity (Wildman–Crippen MR) is 51.3 cm³/mol. The van der Waals surface area contributed by atoms with E-state index in [1.807, 2.05) is 0 Å². The number of hydrogen-bond acceptors (Lipinski definition) is 3. The van der Waals surface area contributed by atoms with E-state index >= 15 is 0 Å². The zero-order chi connectivity index (χ0) is 9.97. The van der Waals surface area contributed by atoms with Gasteiger partial charge in [0.05, 0.1) is 7.11 Å². The Balaban J connectivity index is 2.16. The Labute approximate surface area is 82.3 Å². The lowest BCUT2D eigenvalue weighted by Gasteiger charge is -2.06. The van der Waals surface area contributed by atoms with Gasteiger partial charge in [0.15, 0.2) is 0 Å². The van der Waals surface area contributed by atoms with E-state index < -0.39 is 0 Å². The smallest absolute Gasteiger partial charge is 0.256 e. The summed E-state index contributed by atoms with van der Waals surface area (Å²) in [6.45, 7) is 0. The Bertz CT molecular complexity index is 348. The maximum absolute atomic E-state index is 11.6. The third kappa shape index (κ3) is 1.84. The molecule has 1 heterocycles. The average Bonchev–Trinajstić information content (AvgIpc) is 3.01. The Kier molecular flexibility index (Phi) is 2.35. The fourth-order valence-corrected chi connectivity index (χ4v) is 1.22. The van der Waals surface area contributed by atoms with Crippen LogP contribution in [-0.2, 0) is 0 Å². The third-order valence-corrected chi connectivity index (χ3v) is 2.12. The van der Waals surface area contributed by atoms with Crippen LogP contribution in [0.25, 0.3) is 0 Å². The molecule has 0 saturated heterocycles. The Morgan fingerprint density at radius 1 is 1.64 bits per heavy atom. The number of pyridine rings is 1. The van der Waals surface area contributed by atoms with E-state index in [0.717, 1.165) is 12.8 Å². The lowest BCUT2D eigenvalue weighted by atomic mass is 10.2. The van der Waals surface area contributed by atoms with Gasteiger partial charge in [0.25, 0.3) is 5.91 Å². The molecule has 2 rings (SSSR count). The summed E-state index contributed by atoms with van der Waals surface area (Å²) in [6, 6.07) is 3.79. The van der Waals surface area contributed by atoms with Crippen LogP contribution in [0.4, 0.5) is 0 Å². The van der Waals surface area contributed by atoms with Crippen LogP contribution in [0.5, 0.6) is 5.88 Å². The Hall–Kier alpha value is -1.58. The number of nitrogens with zero attached hydrogens (tertiary/aromatic N) is 1. The van der Waals surface area contributed by atoms with Gasteiger partial charge in [0.1, 0.15) is 5.56 Å². The second-order valence-electron chi connectivity index (χ2n) is 3.31. The number of carbonyl (C=O) groups excluding carboxylic acids is 1. The molecule has 0 radical (unpaired) electrons. The molecule has 0 bridgehead atoms. The highest BCUT2D eigenvalue weighted by Gasteiger charge is 2.25. The number of nitrogens with one attached hydrogen (secondary N) is 1. The van der Waals surface area contributed by atoms with Crippen LogP contribution >= 0.6 is 0 Å². The third-order valence-electron chi connectivity index (χ3n) is 2.12. The number of amides is 1. The minimum absolute atomic E-state index is 0.0996. The fraction of sp³-hybridized carbons (Fsp3) is 0.400. The molecule has 4 nitrogen and oxygen atoms in total. The summed E-state index contributed by atoms with van der Waals surface area (Å²) in [7, 11) is 1.51. The lowest BCUT2D eigenvalue weighted by Crippen LogP contribution is -2.25. The highest BCUT2D eigenvalue weighted by atomic mass is 16.5. The van der Waals surface area contributed by atoms with Gasteiger partial charge < -0.3 is 10.1 Å². The lowest BCUT2D eigenvalue weighted by molar-refractivity contribution is 0.0947. The van der Waals surface area contributed by atoms with Crippen LogP contribution in [0.2, 0.25) is 0 Å². The summed E-state index contributed by atoms with van der Waals surface area (Å²) < 4.78 is 5.00. The van der Waals surface area contributed by atoms with Crippen LogP contribution in [0, 0.1) is 0 Å². The van der Waals surface area contributed by atoms with E-state index in [9.17, 15) is 4.79 Å². The molecule has 1 aliphatic rings. The summed E-state index contributed by atoms with van der Waals surface area (Å²) in [5.74, 6) is 0.281. The molecular formula is C10H12N2O2. The van der Waals surface area contributed by atoms with Crippen LogP contribution < -0.4 is 10.1 Å². The fourth-order valence-electron chi connectivity index (χ4n) is 1.22. The standard InChI is InChI=1S/C10H12N2O2/c1-14-10-8(3-2-6-11-10)9(13)12-7-4-5-7/h2-3,6-7H,4-5H2,1H3,(H,12,13). The minimum Gasteiger partial charge on any atom is -0.480 e. The molecule has 0 atom stereocenters. The molecule has 1 amide bonds. The number of methoxy groups -OCH3 is 1. The quantitative estimate of drug-likeness (QED) is 0.776. The number of aromatic nitrogens is 1. The molecule has 0 aromatic carbocycles. The van der Waals surface area contributed by atoms with Crippen molar-refractivity contribution < 1.29 is 9.53 Å². The SMILES string of the molecule is COc1ncccc1C(=O)NC1CC1. The minimum atomic E-state index is -0.0996. The second kappa shape index (κ2) is 3.65.